The number of carbonyl (C=O) groups excluding carboxylic acids is 1. The molecule has 0 aliphatic carbocycles. The van der Waals surface area contributed by atoms with Gasteiger partial charge in [0, 0.05) is 39.3 Å². The van der Waals surface area contributed by atoms with Crippen LogP contribution < -0.4 is 5.32 Å². The first-order chi connectivity index (χ1) is 11.8. The smallest absolute Gasteiger partial charge is 0.368 e. The number of hydrogen-bond acceptors (Lipinski definition) is 4. The molecule has 0 atom stereocenters. The number of alkyl halides is 3. The summed E-state index contributed by atoms with van der Waals surface area (Å²) in [6.45, 7) is 3.95. The third-order valence-electron chi connectivity index (χ3n) is 4.18. The number of rotatable bonds is 7. The van der Waals surface area contributed by atoms with Crippen molar-refractivity contribution in [1.29, 1.82) is 0 Å². The maximum Gasteiger partial charge on any atom is 0.417 e. The van der Waals surface area contributed by atoms with Gasteiger partial charge in [0.15, 0.2) is 0 Å². The highest BCUT2D eigenvalue weighted by molar-refractivity contribution is 6.32. The number of hydrogen-bond donors (Lipinski definition) is 1. The van der Waals surface area contributed by atoms with Gasteiger partial charge in [0.2, 0.25) is 5.91 Å². The number of nitrogens with zero attached hydrogens (tertiary/aromatic N) is 3. The Labute approximate surface area is 150 Å². The Balaban J connectivity index is 1.74. The van der Waals surface area contributed by atoms with E-state index in [4.69, 9.17) is 11.6 Å². The van der Waals surface area contributed by atoms with Gasteiger partial charge in [-0.25, -0.2) is 4.98 Å². The monoisotopic (exact) mass is 378 g/mol. The Hall–Kier alpha value is -1.54. The summed E-state index contributed by atoms with van der Waals surface area (Å²) in [6, 6.07) is 0.820. The van der Waals surface area contributed by atoms with E-state index < -0.39 is 11.7 Å². The predicted molar refractivity (Wildman–Crippen MR) is 90.7 cm³/mol. The van der Waals surface area contributed by atoms with Crippen molar-refractivity contribution in [2.24, 2.45) is 0 Å². The van der Waals surface area contributed by atoms with Gasteiger partial charge >= 0.3 is 6.18 Å². The van der Waals surface area contributed by atoms with Crippen molar-refractivity contribution >= 4 is 23.3 Å². The first kappa shape index (κ1) is 19.8. The molecule has 1 aromatic heterocycles. The van der Waals surface area contributed by atoms with Crippen molar-refractivity contribution < 1.29 is 18.0 Å². The van der Waals surface area contributed by atoms with Crippen LogP contribution in [0.15, 0.2) is 12.3 Å². The highest BCUT2D eigenvalue weighted by Gasteiger charge is 2.31. The van der Waals surface area contributed by atoms with Crippen LogP contribution in [0.25, 0.3) is 0 Å². The minimum atomic E-state index is -4.48. The Morgan fingerprint density at radius 2 is 2.08 bits per heavy atom. The molecule has 1 amide bonds. The summed E-state index contributed by atoms with van der Waals surface area (Å²) >= 11 is 5.81. The average molecular weight is 379 g/mol. The van der Waals surface area contributed by atoms with E-state index >= 15 is 0 Å². The van der Waals surface area contributed by atoms with Crippen molar-refractivity contribution in [3.05, 3.63) is 22.8 Å². The quantitative estimate of drug-likeness (QED) is 0.792. The largest absolute Gasteiger partial charge is 0.417 e. The highest BCUT2D eigenvalue weighted by atomic mass is 35.5. The van der Waals surface area contributed by atoms with Gasteiger partial charge in [0.05, 0.1) is 10.6 Å². The molecular weight excluding hydrogens is 357 g/mol. The molecule has 0 unspecified atom stereocenters. The van der Waals surface area contributed by atoms with E-state index in [2.05, 4.69) is 15.2 Å². The van der Waals surface area contributed by atoms with Crippen LogP contribution in [-0.2, 0) is 11.0 Å². The predicted octanol–water partition coefficient (Wildman–Crippen LogP) is 3.11. The zero-order valence-corrected chi connectivity index (χ0v) is 14.8. The molecule has 25 heavy (non-hydrogen) atoms. The van der Waals surface area contributed by atoms with E-state index in [9.17, 15) is 18.0 Å². The van der Waals surface area contributed by atoms with E-state index in [1.54, 1.807) is 11.9 Å². The zero-order valence-electron chi connectivity index (χ0n) is 14.1. The Kier molecular flexibility index (Phi) is 6.89. The number of amides is 1. The molecule has 1 aromatic rings. The number of likely N-dealkylation sites (tertiary alicyclic amines) is 1. The number of pyridine rings is 1. The molecule has 1 fully saturated rings. The van der Waals surface area contributed by atoms with E-state index in [0.29, 0.717) is 6.54 Å². The molecule has 0 spiro atoms. The van der Waals surface area contributed by atoms with Crippen LogP contribution in [-0.4, -0.2) is 60.5 Å². The van der Waals surface area contributed by atoms with E-state index in [1.807, 2.05) is 0 Å². The molecule has 0 aromatic carbocycles. The lowest BCUT2D eigenvalue weighted by atomic mass is 10.2. The summed E-state index contributed by atoms with van der Waals surface area (Å²) in [5.41, 5.74) is -0.902. The SMILES string of the molecule is CN(CCN1CCCC1)C(=O)CCNc1ncc(C(F)(F)F)cc1Cl. The summed E-state index contributed by atoms with van der Waals surface area (Å²) in [4.78, 5) is 19.7. The lowest BCUT2D eigenvalue weighted by Crippen LogP contribution is -2.35. The minimum absolute atomic E-state index is 0.0327. The molecule has 1 aliphatic heterocycles. The lowest BCUT2D eigenvalue weighted by Gasteiger charge is -2.21. The van der Waals surface area contributed by atoms with Gasteiger partial charge in [-0.3, -0.25) is 4.79 Å². The summed E-state index contributed by atoms with van der Waals surface area (Å²) in [6.07, 6.45) is -1.12. The molecule has 1 saturated heterocycles. The van der Waals surface area contributed by atoms with Crippen LogP contribution in [0.1, 0.15) is 24.8 Å². The van der Waals surface area contributed by atoms with Gasteiger partial charge in [0.25, 0.3) is 0 Å². The maximum absolute atomic E-state index is 12.6. The van der Waals surface area contributed by atoms with Crippen LogP contribution in [0.3, 0.4) is 0 Å². The number of anilines is 1. The summed E-state index contributed by atoms with van der Waals surface area (Å²) in [5, 5.41) is 2.69. The van der Waals surface area contributed by atoms with Crippen LogP contribution in [0.4, 0.5) is 19.0 Å². The molecule has 1 N–H and O–H groups in total. The molecule has 0 saturated carbocycles. The van der Waals surface area contributed by atoms with E-state index in [1.165, 1.54) is 12.8 Å². The summed E-state index contributed by atoms with van der Waals surface area (Å²) < 4.78 is 37.7. The van der Waals surface area contributed by atoms with E-state index in [-0.39, 0.29) is 29.7 Å². The number of nitrogens with one attached hydrogen (secondary N) is 1. The van der Waals surface area contributed by atoms with Crippen molar-refractivity contribution in [3.63, 3.8) is 0 Å². The van der Waals surface area contributed by atoms with Crippen LogP contribution in [0.2, 0.25) is 5.02 Å². The highest BCUT2D eigenvalue weighted by Crippen LogP contribution is 2.32. The van der Waals surface area contributed by atoms with Gasteiger partial charge in [0.1, 0.15) is 5.82 Å². The maximum atomic E-state index is 12.6. The van der Waals surface area contributed by atoms with Gasteiger partial charge < -0.3 is 15.1 Å². The van der Waals surface area contributed by atoms with Crippen LogP contribution >= 0.6 is 11.6 Å². The van der Waals surface area contributed by atoms with Gasteiger partial charge in [-0.2, -0.15) is 13.2 Å². The van der Waals surface area contributed by atoms with E-state index in [0.717, 1.165) is 31.9 Å². The minimum Gasteiger partial charge on any atom is -0.368 e. The lowest BCUT2D eigenvalue weighted by molar-refractivity contribution is -0.137. The molecular formula is C16H22ClF3N4O. The summed E-state index contributed by atoms with van der Waals surface area (Å²) in [7, 11) is 1.75. The van der Waals surface area contributed by atoms with Gasteiger partial charge in [-0.05, 0) is 32.0 Å². The normalized spacial score (nSPS) is 15.4. The molecule has 0 bridgehead atoms. The zero-order chi connectivity index (χ0) is 18.4. The fraction of sp³-hybridized carbons (Fsp3) is 0.625. The first-order valence-electron chi connectivity index (χ1n) is 8.20. The summed E-state index contributed by atoms with van der Waals surface area (Å²) in [5.74, 6) is 0.108. The van der Waals surface area contributed by atoms with Gasteiger partial charge in [-0.1, -0.05) is 11.6 Å². The Morgan fingerprint density at radius 3 is 2.68 bits per heavy atom. The second kappa shape index (κ2) is 8.71. The van der Waals surface area contributed by atoms with Crippen molar-refractivity contribution in [2.45, 2.75) is 25.4 Å². The van der Waals surface area contributed by atoms with Crippen LogP contribution in [0.5, 0.6) is 0 Å². The third-order valence-corrected chi connectivity index (χ3v) is 4.46. The topological polar surface area (TPSA) is 48.5 Å². The number of halogens is 4. The van der Waals surface area contributed by atoms with Crippen LogP contribution in [0, 0.1) is 0 Å². The van der Waals surface area contributed by atoms with Crippen molar-refractivity contribution in [2.75, 3.05) is 45.1 Å². The fourth-order valence-corrected chi connectivity index (χ4v) is 2.86. The van der Waals surface area contributed by atoms with Crippen molar-refractivity contribution in [1.82, 2.24) is 14.8 Å². The molecule has 2 heterocycles. The van der Waals surface area contributed by atoms with Crippen molar-refractivity contribution in [3.8, 4) is 0 Å². The van der Waals surface area contributed by atoms with Gasteiger partial charge in [-0.15, -0.1) is 0 Å². The first-order valence-corrected chi connectivity index (χ1v) is 8.58. The molecule has 1 aliphatic rings. The number of likely N-dealkylation sites (N-methyl/N-ethyl adjacent to an activating group) is 1. The second-order valence-electron chi connectivity index (χ2n) is 6.09. The molecule has 0 radical (unpaired) electrons. The molecule has 5 nitrogen and oxygen atoms in total. The third kappa shape index (κ3) is 6.04. The standard InChI is InChI=1S/C16H22ClF3N4O/c1-23(8-9-24-6-2-3-7-24)14(25)4-5-21-15-13(17)10-12(11-22-15)16(18,19)20/h10-11H,2-9H2,1H3,(H,21,22). The molecule has 9 heteroatoms. The molecule has 140 valence electrons. The second-order valence-corrected chi connectivity index (χ2v) is 6.50. The average Bonchev–Trinajstić information content (AvgIpc) is 3.06. The Morgan fingerprint density at radius 1 is 1.40 bits per heavy atom. The number of aromatic nitrogens is 1. The molecule has 2 rings (SSSR count). The number of carbonyl (C=O) groups is 1. The fourth-order valence-electron chi connectivity index (χ4n) is 2.62. The Bertz CT molecular complexity index is 591.